The molecule has 0 saturated heterocycles. The number of rotatable bonds is 21. The van der Waals surface area contributed by atoms with Crippen molar-refractivity contribution in [2.75, 3.05) is 13.2 Å². The summed E-state index contributed by atoms with van der Waals surface area (Å²) in [6.45, 7) is 9.02. The van der Waals surface area contributed by atoms with Crippen LogP contribution in [-0.4, -0.2) is 133 Å². The van der Waals surface area contributed by atoms with Crippen LogP contribution in [0.15, 0.2) is 12.5 Å². The maximum absolute atomic E-state index is 13.3. The molecule has 0 fully saturated rings. The fraction of sp³-hybridized carbons (Fsp3) is 0.677. The Morgan fingerprint density at radius 1 is 0.647 bits per heavy atom. The number of amides is 6. The molecule has 6 amide bonds. The largest absolute Gasteiger partial charge is 0.480 e. The van der Waals surface area contributed by atoms with Gasteiger partial charge in [0.1, 0.15) is 36.3 Å². The Morgan fingerprint density at radius 3 is 1.43 bits per heavy atom. The molecule has 20 nitrogen and oxygen atoms in total. The van der Waals surface area contributed by atoms with Crippen molar-refractivity contribution in [2.45, 2.75) is 103 Å². The predicted molar refractivity (Wildman–Crippen MR) is 180 cm³/mol. The third kappa shape index (κ3) is 13.9. The molecule has 0 unspecified atom stereocenters. The molecule has 1 rings (SSSR count). The van der Waals surface area contributed by atoms with Crippen LogP contribution in [0.1, 0.15) is 54.2 Å². The average molecular weight is 728 g/mol. The molecule has 20 heteroatoms. The molecule has 288 valence electrons. The van der Waals surface area contributed by atoms with Crippen molar-refractivity contribution in [1.29, 1.82) is 0 Å². The molecule has 1 aromatic heterocycles. The van der Waals surface area contributed by atoms with Crippen LogP contribution in [0.5, 0.6) is 0 Å². The van der Waals surface area contributed by atoms with Gasteiger partial charge in [-0.3, -0.25) is 28.8 Å². The molecular formula is C31H53N9O11. The van der Waals surface area contributed by atoms with Crippen molar-refractivity contribution in [2.24, 2.45) is 23.5 Å². The topological polar surface area (TPSA) is 327 Å². The van der Waals surface area contributed by atoms with Gasteiger partial charge < -0.3 is 63.0 Å². The molecule has 0 aromatic carbocycles. The number of nitrogens with two attached hydrogens (primary N) is 1. The molecule has 51 heavy (non-hydrogen) atoms. The minimum atomic E-state index is -1.70. The number of carbonyl (C=O) groups excluding carboxylic acids is 6. The predicted octanol–water partition coefficient (Wildman–Crippen LogP) is -4.39. The molecule has 0 saturated carbocycles. The van der Waals surface area contributed by atoms with Crippen molar-refractivity contribution in [3.63, 3.8) is 0 Å². The third-order valence-electron chi connectivity index (χ3n) is 7.80. The number of carboxylic acid groups (broad SMARTS) is 1. The zero-order chi connectivity index (χ0) is 39.2. The van der Waals surface area contributed by atoms with E-state index in [0.29, 0.717) is 5.69 Å². The third-order valence-corrected chi connectivity index (χ3v) is 7.80. The smallest absolute Gasteiger partial charge is 0.326 e. The second-order valence-corrected chi connectivity index (χ2v) is 13.1. The van der Waals surface area contributed by atoms with Crippen LogP contribution in [0, 0.1) is 17.8 Å². The highest BCUT2D eigenvalue weighted by Gasteiger charge is 2.36. The van der Waals surface area contributed by atoms with E-state index in [9.17, 15) is 54.0 Å². The highest BCUT2D eigenvalue weighted by molar-refractivity contribution is 5.97. The summed E-state index contributed by atoms with van der Waals surface area (Å²) in [5.41, 5.74) is 6.23. The van der Waals surface area contributed by atoms with E-state index in [1.165, 1.54) is 19.4 Å². The van der Waals surface area contributed by atoms with E-state index in [-0.39, 0.29) is 12.3 Å². The lowest BCUT2D eigenvalue weighted by Crippen LogP contribution is -2.63. The van der Waals surface area contributed by atoms with Gasteiger partial charge in [0, 0.05) is 18.3 Å². The van der Waals surface area contributed by atoms with E-state index in [1.807, 2.05) is 0 Å². The van der Waals surface area contributed by atoms with Gasteiger partial charge in [-0.05, 0) is 24.7 Å². The maximum Gasteiger partial charge on any atom is 0.326 e. The number of imidazole rings is 1. The van der Waals surface area contributed by atoms with Crippen LogP contribution in [0.3, 0.4) is 0 Å². The van der Waals surface area contributed by atoms with Gasteiger partial charge in [0.2, 0.25) is 35.4 Å². The summed E-state index contributed by atoms with van der Waals surface area (Å²) in [6.07, 6.45) is 1.05. The summed E-state index contributed by atoms with van der Waals surface area (Å²) in [4.78, 5) is 96.3. The summed E-state index contributed by atoms with van der Waals surface area (Å²) in [5, 5.41) is 53.6. The van der Waals surface area contributed by atoms with Gasteiger partial charge in [-0.2, -0.15) is 0 Å². The number of aliphatic hydroxyl groups excluding tert-OH is 3. The molecule has 0 bridgehead atoms. The number of aliphatic carboxylic acids is 1. The molecule has 1 aromatic rings. The van der Waals surface area contributed by atoms with Crippen LogP contribution in [0.25, 0.3) is 0 Å². The van der Waals surface area contributed by atoms with Crippen molar-refractivity contribution in [3.05, 3.63) is 18.2 Å². The summed E-state index contributed by atoms with van der Waals surface area (Å²) < 4.78 is 0. The molecule has 8 atom stereocenters. The van der Waals surface area contributed by atoms with E-state index in [4.69, 9.17) is 5.73 Å². The SMILES string of the molecule is CC(C)[C@H](N)C(=O)N[C@@H](CO)C(=O)N[C@H](C(=O)N[C@@H](CO)C(=O)N[C@H](C(=O)N[C@H](C(=O)N[C@@H](Cc1cnc[nH]1)C(=O)O)C(C)C)[C@@H](C)O)C(C)C. The summed E-state index contributed by atoms with van der Waals surface area (Å²) in [5.74, 6) is -8.35. The molecule has 0 aliphatic rings. The number of aromatic amines is 1. The molecule has 1 heterocycles. The van der Waals surface area contributed by atoms with Gasteiger partial charge in [0.25, 0.3) is 0 Å². The van der Waals surface area contributed by atoms with Gasteiger partial charge >= 0.3 is 5.97 Å². The summed E-state index contributed by atoms with van der Waals surface area (Å²) in [7, 11) is 0. The monoisotopic (exact) mass is 727 g/mol. The van der Waals surface area contributed by atoms with Crippen LogP contribution >= 0.6 is 0 Å². The standard InChI is InChI=1S/C31H53N9O11/c1-13(2)21(32)27(46)36-19(10-41)25(44)38-22(14(3)4)29(48)37-20(11-42)26(45)40-24(16(7)43)30(49)39-23(15(5)6)28(47)35-18(31(50)51)8-17-9-33-12-34-17/h9,12-16,18-24,41-43H,8,10-11,32H2,1-7H3,(H,33,34)(H,35,47)(H,36,46)(H,37,48)(H,38,44)(H,39,49)(H,40,45)(H,50,51)/t16-,18+,19+,20+,21+,22+,23+,24+/m1/s1. The normalized spacial score (nSPS) is 16.1. The summed E-state index contributed by atoms with van der Waals surface area (Å²) >= 11 is 0. The highest BCUT2D eigenvalue weighted by atomic mass is 16.4. The fourth-order valence-electron chi connectivity index (χ4n) is 4.52. The van der Waals surface area contributed by atoms with Crippen molar-refractivity contribution >= 4 is 41.4 Å². The van der Waals surface area contributed by atoms with Crippen LogP contribution in [0.2, 0.25) is 0 Å². The van der Waals surface area contributed by atoms with Gasteiger partial charge in [0.15, 0.2) is 0 Å². The minimum Gasteiger partial charge on any atom is -0.480 e. The average Bonchev–Trinajstić information content (AvgIpc) is 3.57. The molecule has 0 aliphatic carbocycles. The van der Waals surface area contributed by atoms with Crippen molar-refractivity contribution < 1.29 is 54.0 Å². The lowest BCUT2D eigenvalue weighted by atomic mass is 10.0. The van der Waals surface area contributed by atoms with Crippen molar-refractivity contribution in [3.8, 4) is 0 Å². The van der Waals surface area contributed by atoms with E-state index < -0.39 is 115 Å². The molecular weight excluding hydrogens is 674 g/mol. The Labute approximate surface area is 295 Å². The number of nitrogens with zero attached hydrogens (tertiary/aromatic N) is 1. The Bertz CT molecular complexity index is 1340. The first-order valence-electron chi connectivity index (χ1n) is 16.4. The number of aromatic nitrogens is 2. The van der Waals surface area contributed by atoms with Gasteiger partial charge in [-0.1, -0.05) is 41.5 Å². The second-order valence-electron chi connectivity index (χ2n) is 13.1. The van der Waals surface area contributed by atoms with Gasteiger partial charge in [-0.25, -0.2) is 9.78 Å². The first-order valence-corrected chi connectivity index (χ1v) is 16.4. The highest BCUT2D eigenvalue weighted by Crippen LogP contribution is 2.08. The number of nitrogens with one attached hydrogen (secondary N) is 7. The molecule has 13 N–H and O–H groups in total. The van der Waals surface area contributed by atoms with E-state index in [0.717, 1.165) is 0 Å². The number of aliphatic hydroxyl groups is 3. The lowest BCUT2D eigenvalue weighted by molar-refractivity contribution is -0.142. The Kier molecular flexibility index (Phi) is 18.2. The molecule has 0 radical (unpaired) electrons. The van der Waals surface area contributed by atoms with Crippen LogP contribution in [-0.2, 0) is 40.0 Å². The quantitative estimate of drug-likeness (QED) is 0.0570. The van der Waals surface area contributed by atoms with Gasteiger partial charge in [-0.15, -0.1) is 0 Å². The van der Waals surface area contributed by atoms with E-state index >= 15 is 0 Å². The summed E-state index contributed by atoms with van der Waals surface area (Å²) in [6, 6.07) is -9.84. The number of hydrogen-bond acceptors (Lipinski definition) is 12. The van der Waals surface area contributed by atoms with E-state index in [2.05, 4.69) is 41.9 Å². The Balaban J connectivity index is 3.03. The first kappa shape index (κ1) is 44.4. The fourth-order valence-corrected chi connectivity index (χ4v) is 4.52. The second kappa shape index (κ2) is 20.9. The zero-order valence-electron chi connectivity index (χ0n) is 29.8. The van der Waals surface area contributed by atoms with Gasteiger partial charge in [0.05, 0.1) is 31.7 Å². The zero-order valence-corrected chi connectivity index (χ0v) is 29.8. The van der Waals surface area contributed by atoms with Crippen molar-refractivity contribution in [1.82, 2.24) is 41.9 Å². The molecule has 0 aliphatic heterocycles. The first-order chi connectivity index (χ1) is 23.7. The number of hydrogen-bond donors (Lipinski definition) is 12. The number of carbonyl (C=O) groups is 7. The van der Waals surface area contributed by atoms with Crippen LogP contribution in [0.4, 0.5) is 0 Å². The number of carboxylic acids is 1. The Morgan fingerprint density at radius 2 is 1.06 bits per heavy atom. The number of H-pyrrole nitrogens is 1. The lowest BCUT2D eigenvalue weighted by Gasteiger charge is -2.29. The Hall–Kier alpha value is -4.66. The minimum absolute atomic E-state index is 0.132. The van der Waals surface area contributed by atoms with Crippen LogP contribution < -0.4 is 37.6 Å². The molecule has 0 spiro atoms. The maximum atomic E-state index is 13.3. The van der Waals surface area contributed by atoms with E-state index in [1.54, 1.807) is 41.5 Å².